The second-order valence-corrected chi connectivity index (χ2v) is 5.91. The third kappa shape index (κ3) is 4.44. The molecule has 0 fully saturated rings. The van der Waals surface area contributed by atoms with Crippen LogP contribution in [0, 0.1) is 17.1 Å². The first-order valence-electron chi connectivity index (χ1n) is 6.89. The third-order valence-corrected chi connectivity index (χ3v) is 4.03. The van der Waals surface area contributed by atoms with Crippen LogP contribution in [-0.2, 0) is 5.75 Å². The molecule has 1 aromatic carbocycles. The van der Waals surface area contributed by atoms with Crippen molar-refractivity contribution in [3.63, 3.8) is 0 Å². The number of rotatable bonds is 6. The number of thioether (sulfide) groups is 1. The summed E-state index contributed by atoms with van der Waals surface area (Å²) < 4.78 is 15.2. The van der Waals surface area contributed by atoms with E-state index in [1.54, 1.807) is 18.3 Å². The molecule has 2 aromatic rings. The van der Waals surface area contributed by atoms with Gasteiger partial charge in [0.1, 0.15) is 11.9 Å². The summed E-state index contributed by atoms with van der Waals surface area (Å²) in [5.74, 6) is 0.0877. The summed E-state index contributed by atoms with van der Waals surface area (Å²) in [6, 6.07) is 6.40. The molecule has 0 atom stereocenters. The van der Waals surface area contributed by atoms with Crippen LogP contribution in [0.25, 0.3) is 5.70 Å². The van der Waals surface area contributed by atoms with E-state index in [9.17, 15) is 4.39 Å². The van der Waals surface area contributed by atoms with Crippen LogP contribution in [0.5, 0.6) is 0 Å². The molecule has 0 spiro atoms. The molecule has 0 bridgehead atoms. The largest absolute Gasteiger partial charge is 0.295 e. The second kappa shape index (κ2) is 7.61. The maximum absolute atomic E-state index is 13.3. The fourth-order valence-electron chi connectivity index (χ4n) is 1.83. The number of hydrogen-bond acceptors (Lipinski definition) is 3. The average molecular weight is 325 g/mol. The first kappa shape index (κ1) is 16.8. The van der Waals surface area contributed by atoms with Crippen molar-refractivity contribution in [2.24, 2.45) is 0 Å². The van der Waals surface area contributed by atoms with Gasteiger partial charge in [0.2, 0.25) is 0 Å². The predicted octanol–water partition coefficient (Wildman–Crippen LogP) is 4.79. The molecule has 3 nitrogen and oxygen atoms in total. The molecule has 0 N–H and O–H groups in total. The maximum atomic E-state index is 13.3. The van der Waals surface area contributed by atoms with Crippen molar-refractivity contribution >= 4 is 17.5 Å². The zero-order valence-corrected chi connectivity index (χ0v) is 13.6. The second-order valence-electron chi connectivity index (χ2n) is 4.97. The molecule has 0 aliphatic carbocycles. The van der Waals surface area contributed by atoms with E-state index in [-0.39, 0.29) is 5.56 Å². The Morgan fingerprint density at radius 1 is 1.43 bits per heavy atom. The normalized spacial score (nSPS) is 10.7. The highest BCUT2D eigenvalue weighted by Crippen LogP contribution is 2.24. The number of allylic oxidation sites excluding steroid dienone is 4. The Kier molecular flexibility index (Phi) is 5.56. The lowest BCUT2D eigenvalue weighted by Crippen LogP contribution is -1.95. The van der Waals surface area contributed by atoms with E-state index in [1.165, 1.54) is 17.8 Å². The summed E-state index contributed by atoms with van der Waals surface area (Å²) in [4.78, 5) is 4.31. The van der Waals surface area contributed by atoms with Crippen molar-refractivity contribution < 1.29 is 4.39 Å². The molecule has 0 aliphatic heterocycles. The molecule has 2 rings (SSSR count). The highest BCUT2D eigenvalue weighted by atomic mass is 32.2. The van der Waals surface area contributed by atoms with Gasteiger partial charge in [-0.15, -0.1) is 0 Å². The number of nitrogens with zero attached hydrogens (tertiary/aromatic N) is 3. The lowest BCUT2D eigenvalue weighted by atomic mass is 10.1. The SMILES string of the molecule is C=C(C)/C=C\C(=C)n1ccnc1SCc1ccc(F)c(C#N)c1. The fraction of sp³-hybridized carbons (Fsp3) is 0.111. The van der Waals surface area contributed by atoms with Crippen LogP contribution in [0.4, 0.5) is 4.39 Å². The molecule has 5 heteroatoms. The Morgan fingerprint density at radius 2 is 2.22 bits per heavy atom. The van der Waals surface area contributed by atoms with Crippen LogP contribution in [0.15, 0.2) is 66.6 Å². The van der Waals surface area contributed by atoms with Crippen LogP contribution in [0.3, 0.4) is 0 Å². The van der Waals surface area contributed by atoms with Gasteiger partial charge in [0.05, 0.1) is 5.56 Å². The predicted molar refractivity (Wildman–Crippen MR) is 92.2 cm³/mol. The van der Waals surface area contributed by atoms with E-state index in [0.29, 0.717) is 5.75 Å². The van der Waals surface area contributed by atoms with Gasteiger partial charge in [0.25, 0.3) is 0 Å². The van der Waals surface area contributed by atoms with Gasteiger partial charge in [0.15, 0.2) is 5.16 Å². The number of nitriles is 1. The zero-order valence-electron chi connectivity index (χ0n) is 12.8. The van der Waals surface area contributed by atoms with Gasteiger partial charge in [-0.2, -0.15) is 5.26 Å². The molecule has 0 unspecified atom stereocenters. The van der Waals surface area contributed by atoms with Crippen molar-refractivity contribution in [3.05, 3.63) is 78.4 Å². The Morgan fingerprint density at radius 3 is 2.91 bits per heavy atom. The fourth-order valence-corrected chi connectivity index (χ4v) is 2.76. The van der Waals surface area contributed by atoms with Crippen molar-refractivity contribution in [3.8, 4) is 6.07 Å². The number of imidazole rings is 1. The monoisotopic (exact) mass is 325 g/mol. The standard InChI is InChI=1S/C18H16FN3S/c1-13(2)4-5-14(3)22-9-8-21-18(22)23-12-15-6-7-17(19)16(10-15)11-20/h4-10H,1,3,12H2,2H3/b5-4-. The minimum atomic E-state index is -0.499. The highest BCUT2D eigenvalue weighted by molar-refractivity contribution is 7.98. The lowest BCUT2D eigenvalue weighted by molar-refractivity contribution is 0.623. The molecule has 0 aliphatic rings. The van der Waals surface area contributed by atoms with E-state index in [0.717, 1.165) is 22.0 Å². The Hall–Kier alpha value is -2.58. The highest BCUT2D eigenvalue weighted by Gasteiger charge is 2.07. The summed E-state index contributed by atoms with van der Waals surface area (Å²) in [5, 5.41) is 9.66. The van der Waals surface area contributed by atoms with Crippen LogP contribution in [0.1, 0.15) is 18.1 Å². The van der Waals surface area contributed by atoms with Gasteiger partial charge in [0, 0.05) is 23.8 Å². The van der Waals surface area contributed by atoms with Gasteiger partial charge in [-0.25, -0.2) is 9.37 Å². The minimum absolute atomic E-state index is 0.0558. The van der Waals surface area contributed by atoms with Crippen molar-refractivity contribution in [1.82, 2.24) is 9.55 Å². The summed E-state index contributed by atoms with van der Waals surface area (Å²) >= 11 is 1.50. The van der Waals surface area contributed by atoms with Gasteiger partial charge < -0.3 is 0 Å². The Balaban J connectivity index is 2.11. The smallest absolute Gasteiger partial charge is 0.172 e. The van der Waals surface area contributed by atoms with Crippen LogP contribution in [0.2, 0.25) is 0 Å². The van der Waals surface area contributed by atoms with Gasteiger partial charge in [-0.3, -0.25) is 4.57 Å². The molecule has 1 heterocycles. The first-order valence-corrected chi connectivity index (χ1v) is 7.87. The van der Waals surface area contributed by atoms with Gasteiger partial charge in [-0.05, 0) is 30.7 Å². The Labute approximate surface area is 139 Å². The zero-order chi connectivity index (χ0) is 16.8. The molecule has 0 radical (unpaired) electrons. The summed E-state index contributed by atoms with van der Waals surface area (Å²) in [5.41, 5.74) is 2.64. The molecule has 0 saturated heterocycles. The van der Waals surface area contributed by atoms with Crippen molar-refractivity contribution in [2.75, 3.05) is 0 Å². The molecule has 116 valence electrons. The van der Waals surface area contributed by atoms with E-state index in [4.69, 9.17) is 5.26 Å². The van der Waals surface area contributed by atoms with Gasteiger partial charge in [-0.1, -0.05) is 42.6 Å². The average Bonchev–Trinajstić information content (AvgIpc) is 3.00. The first-order chi connectivity index (χ1) is 11.0. The van der Waals surface area contributed by atoms with Crippen LogP contribution in [-0.4, -0.2) is 9.55 Å². The molecule has 0 amide bonds. The minimum Gasteiger partial charge on any atom is -0.295 e. The summed E-state index contributed by atoms with van der Waals surface area (Å²) in [6.45, 7) is 9.74. The van der Waals surface area contributed by atoms with Crippen molar-refractivity contribution in [1.29, 1.82) is 5.26 Å². The van der Waals surface area contributed by atoms with E-state index >= 15 is 0 Å². The Bertz CT molecular complexity index is 812. The van der Waals surface area contributed by atoms with E-state index < -0.39 is 5.82 Å². The van der Waals surface area contributed by atoms with E-state index in [2.05, 4.69) is 18.1 Å². The quantitative estimate of drug-likeness (QED) is 0.566. The van der Waals surface area contributed by atoms with Crippen LogP contribution < -0.4 is 0 Å². The molecule has 0 saturated carbocycles. The third-order valence-electron chi connectivity index (χ3n) is 3.00. The van der Waals surface area contributed by atoms with Crippen LogP contribution >= 0.6 is 11.8 Å². The van der Waals surface area contributed by atoms with Gasteiger partial charge >= 0.3 is 0 Å². The summed E-state index contributed by atoms with van der Waals surface area (Å²) in [6.07, 6.45) is 7.29. The lowest BCUT2D eigenvalue weighted by Gasteiger charge is -2.07. The number of aromatic nitrogens is 2. The van der Waals surface area contributed by atoms with E-state index in [1.807, 2.05) is 35.9 Å². The molecular formula is C18H16FN3S. The topological polar surface area (TPSA) is 41.6 Å². The molecule has 23 heavy (non-hydrogen) atoms. The van der Waals surface area contributed by atoms with Crippen molar-refractivity contribution in [2.45, 2.75) is 17.8 Å². The summed E-state index contributed by atoms with van der Waals surface area (Å²) in [7, 11) is 0. The molecular weight excluding hydrogens is 309 g/mol. The molecule has 1 aromatic heterocycles. The number of halogens is 1. The number of benzene rings is 1. The maximum Gasteiger partial charge on any atom is 0.172 e. The number of hydrogen-bond donors (Lipinski definition) is 0.